The number of esters is 1. The Hall–Kier alpha value is -4.19. The number of nitrogens with zero attached hydrogens (tertiary/aromatic N) is 2. The number of amides is 1. The fraction of sp³-hybridized carbons (Fsp3) is 0.320. The second-order valence-electron chi connectivity index (χ2n) is 8.17. The lowest BCUT2D eigenvalue weighted by Crippen LogP contribution is -2.36. The van der Waals surface area contributed by atoms with Crippen molar-refractivity contribution in [1.82, 2.24) is 4.57 Å². The number of anilines is 2. The minimum absolute atomic E-state index is 0.00552. The van der Waals surface area contributed by atoms with Gasteiger partial charge in [0.1, 0.15) is 18.1 Å². The van der Waals surface area contributed by atoms with Gasteiger partial charge in [0.15, 0.2) is 11.5 Å². The molecule has 1 atom stereocenters. The maximum Gasteiger partial charge on any atom is 0.325 e. The summed E-state index contributed by atoms with van der Waals surface area (Å²) in [6.07, 6.45) is 0.0242. The first-order valence-corrected chi connectivity index (χ1v) is 12.0. The van der Waals surface area contributed by atoms with Crippen molar-refractivity contribution in [2.75, 3.05) is 40.1 Å². The third-order valence-electron chi connectivity index (χ3n) is 6.29. The highest BCUT2D eigenvalue weighted by molar-refractivity contribution is 7.10. The lowest BCUT2D eigenvalue weighted by atomic mass is 9.89. The lowest BCUT2D eigenvalue weighted by Gasteiger charge is -2.33. The van der Waals surface area contributed by atoms with Gasteiger partial charge in [0.05, 0.1) is 39.0 Å². The number of carbonyl (C=O) groups excluding carboxylic acids is 2. The molecule has 3 aromatic rings. The maximum atomic E-state index is 13.7. The van der Waals surface area contributed by atoms with Gasteiger partial charge < -0.3 is 28.4 Å². The number of hydrogen-bond donors (Lipinski definition) is 0. The molecular formula is C25H24N2O9S. The quantitative estimate of drug-likeness (QED) is 0.427. The Balaban J connectivity index is 1.73. The molecule has 0 bridgehead atoms. The average molecular weight is 529 g/mol. The predicted octanol–water partition coefficient (Wildman–Crippen LogP) is 3.04. The van der Waals surface area contributed by atoms with Crippen LogP contribution in [-0.2, 0) is 20.9 Å². The monoisotopic (exact) mass is 528 g/mol. The van der Waals surface area contributed by atoms with Gasteiger partial charge >= 0.3 is 10.8 Å². The molecule has 0 unspecified atom stereocenters. The van der Waals surface area contributed by atoms with Gasteiger partial charge in [-0.25, -0.2) is 0 Å². The number of thiazole rings is 1. The molecule has 0 aliphatic carbocycles. The maximum absolute atomic E-state index is 13.7. The van der Waals surface area contributed by atoms with Crippen molar-refractivity contribution in [3.8, 4) is 28.7 Å². The summed E-state index contributed by atoms with van der Waals surface area (Å²) in [5.41, 5.74) is 1.12. The summed E-state index contributed by atoms with van der Waals surface area (Å²) in [6, 6.07) is 8.60. The third kappa shape index (κ3) is 4.02. The Kier molecular flexibility index (Phi) is 6.42. The van der Waals surface area contributed by atoms with Crippen LogP contribution in [0.5, 0.6) is 28.7 Å². The molecule has 194 valence electrons. The Morgan fingerprint density at radius 3 is 2.41 bits per heavy atom. The summed E-state index contributed by atoms with van der Waals surface area (Å²) < 4.78 is 33.7. The highest BCUT2D eigenvalue weighted by atomic mass is 32.1. The Morgan fingerprint density at radius 2 is 1.76 bits per heavy atom. The molecule has 0 fully saturated rings. The number of fused-ring (bicyclic) bond motifs is 2. The van der Waals surface area contributed by atoms with Crippen molar-refractivity contribution in [3.63, 3.8) is 0 Å². The number of aromatic nitrogens is 1. The van der Waals surface area contributed by atoms with E-state index < -0.39 is 16.8 Å². The van der Waals surface area contributed by atoms with Gasteiger partial charge in [-0.3, -0.25) is 23.9 Å². The van der Waals surface area contributed by atoms with E-state index in [4.69, 9.17) is 28.4 Å². The van der Waals surface area contributed by atoms with Gasteiger partial charge in [0, 0.05) is 17.9 Å². The summed E-state index contributed by atoms with van der Waals surface area (Å²) in [4.78, 5) is 40.8. The average Bonchev–Trinajstić information content (AvgIpc) is 3.52. The predicted molar refractivity (Wildman–Crippen MR) is 133 cm³/mol. The second kappa shape index (κ2) is 9.69. The molecule has 1 amide bonds. The second-order valence-corrected chi connectivity index (χ2v) is 9.16. The van der Waals surface area contributed by atoms with E-state index in [1.54, 1.807) is 37.4 Å². The third-order valence-corrected chi connectivity index (χ3v) is 7.37. The zero-order chi connectivity index (χ0) is 26.3. The van der Waals surface area contributed by atoms with Crippen molar-refractivity contribution >= 4 is 34.7 Å². The summed E-state index contributed by atoms with van der Waals surface area (Å²) in [5, 5.41) is 0. The fourth-order valence-electron chi connectivity index (χ4n) is 4.59. The summed E-state index contributed by atoms with van der Waals surface area (Å²) >= 11 is 0.959. The van der Waals surface area contributed by atoms with Crippen molar-refractivity contribution < 1.29 is 38.0 Å². The minimum Gasteiger partial charge on any atom is -0.497 e. The van der Waals surface area contributed by atoms with Crippen molar-refractivity contribution in [3.05, 3.63) is 50.4 Å². The van der Waals surface area contributed by atoms with E-state index in [0.717, 1.165) is 11.3 Å². The zero-order valence-corrected chi connectivity index (χ0v) is 21.4. The SMILES string of the molecule is COC(=O)Cn1c2c(sc1=O)[C@@H](c1cc(OC)c3c(c1OC)OCO3)CC(=O)N2c1ccc(OC)cc1. The van der Waals surface area contributed by atoms with Crippen LogP contribution >= 0.6 is 11.3 Å². The van der Waals surface area contributed by atoms with Gasteiger partial charge in [-0.15, -0.1) is 0 Å². The van der Waals surface area contributed by atoms with Crippen LogP contribution in [0.15, 0.2) is 35.1 Å². The van der Waals surface area contributed by atoms with Gasteiger partial charge in [0.25, 0.3) is 0 Å². The first kappa shape index (κ1) is 24.5. The van der Waals surface area contributed by atoms with Crippen LogP contribution in [0.4, 0.5) is 11.5 Å². The van der Waals surface area contributed by atoms with E-state index in [0.29, 0.717) is 50.7 Å². The van der Waals surface area contributed by atoms with E-state index in [1.807, 2.05) is 0 Å². The van der Waals surface area contributed by atoms with Crippen LogP contribution in [-0.4, -0.2) is 51.7 Å². The summed E-state index contributed by atoms with van der Waals surface area (Å²) in [6.45, 7) is -0.357. The van der Waals surface area contributed by atoms with E-state index in [9.17, 15) is 14.4 Å². The van der Waals surface area contributed by atoms with Crippen LogP contribution in [0.25, 0.3) is 0 Å². The first-order chi connectivity index (χ1) is 17.9. The topological polar surface area (TPSA) is 115 Å². The molecule has 11 nitrogen and oxygen atoms in total. The number of benzene rings is 2. The molecule has 0 spiro atoms. The molecule has 0 N–H and O–H groups in total. The highest BCUT2D eigenvalue weighted by Crippen LogP contribution is 2.55. The van der Waals surface area contributed by atoms with Crippen molar-refractivity contribution in [1.29, 1.82) is 0 Å². The van der Waals surface area contributed by atoms with E-state index in [1.165, 1.54) is 30.8 Å². The fourth-order valence-corrected chi connectivity index (χ4v) is 5.68. The van der Waals surface area contributed by atoms with Crippen LogP contribution in [0.2, 0.25) is 0 Å². The van der Waals surface area contributed by atoms with Crippen molar-refractivity contribution in [2.45, 2.75) is 18.9 Å². The van der Waals surface area contributed by atoms with Crippen LogP contribution in [0.1, 0.15) is 22.8 Å². The molecule has 37 heavy (non-hydrogen) atoms. The standard InChI is InChI=1S/C25H24N2O9S/c1-31-14-7-5-13(6-8-14)27-18(28)10-16(23-24(27)26(25(30)37-23)11-19(29)33-3)15-9-17(32-2)21-22(20(15)34-4)36-12-35-21/h5-9,16H,10-12H2,1-4H3/t16-/m1/s1. The number of hydrogen-bond acceptors (Lipinski definition) is 10. The summed E-state index contributed by atoms with van der Waals surface area (Å²) in [7, 11) is 5.78. The van der Waals surface area contributed by atoms with Crippen LogP contribution in [0.3, 0.4) is 0 Å². The largest absolute Gasteiger partial charge is 0.497 e. The van der Waals surface area contributed by atoms with Gasteiger partial charge in [-0.2, -0.15) is 0 Å². The van der Waals surface area contributed by atoms with E-state index >= 15 is 0 Å². The minimum atomic E-state index is -0.616. The normalized spacial score (nSPS) is 15.8. The highest BCUT2D eigenvalue weighted by Gasteiger charge is 2.41. The molecule has 0 radical (unpaired) electrons. The Labute approximate surface area is 215 Å². The Bertz CT molecular complexity index is 1430. The summed E-state index contributed by atoms with van der Waals surface area (Å²) in [5.74, 6) is 1.00. The lowest BCUT2D eigenvalue weighted by molar-refractivity contribution is -0.141. The van der Waals surface area contributed by atoms with Crippen molar-refractivity contribution in [2.24, 2.45) is 0 Å². The van der Waals surface area contributed by atoms with Crippen LogP contribution in [0, 0.1) is 0 Å². The molecule has 2 aromatic carbocycles. The molecule has 3 heterocycles. The van der Waals surface area contributed by atoms with E-state index in [2.05, 4.69) is 0 Å². The molecular weight excluding hydrogens is 504 g/mol. The number of ether oxygens (including phenoxy) is 6. The van der Waals surface area contributed by atoms with Gasteiger partial charge in [-0.1, -0.05) is 11.3 Å². The molecule has 1 aromatic heterocycles. The van der Waals surface area contributed by atoms with Gasteiger partial charge in [-0.05, 0) is 30.3 Å². The number of carbonyl (C=O) groups is 2. The number of methoxy groups -OCH3 is 4. The zero-order valence-electron chi connectivity index (χ0n) is 20.6. The first-order valence-electron chi connectivity index (χ1n) is 11.2. The molecule has 5 rings (SSSR count). The molecule has 0 saturated carbocycles. The van der Waals surface area contributed by atoms with E-state index in [-0.39, 0.29) is 25.7 Å². The van der Waals surface area contributed by atoms with Crippen LogP contribution < -0.4 is 33.5 Å². The molecule has 2 aliphatic rings. The molecule has 2 aliphatic heterocycles. The molecule has 12 heteroatoms. The smallest absolute Gasteiger partial charge is 0.325 e. The number of rotatable bonds is 7. The van der Waals surface area contributed by atoms with Gasteiger partial charge in [0.2, 0.25) is 24.2 Å². The molecule has 0 saturated heterocycles. The Morgan fingerprint density at radius 1 is 1.03 bits per heavy atom.